The summed E-state index contributed by atoms with van der Waals surface area (Å²) in [5.74, 6) is 0.903. The van der Waals surface area contributed by atoms with Crippen LogP contribution >= 0.6 is 0 Å². The van der Waals surface area contributed by atoms with Gasteiger partial charge in [0.1, 0.15) is 5.75 Å². The second-order valence-corrected chi connectivity index (χ2v) is 6.20. The zero-order chi connectivity index (χ0) is 16.2. The number of methoxy groups -OCH3 is 1. The number of hydrogen-bond donors (Lipinski definition) is 1. The molecule has 2 aromatic carbocycles. The summed E-state index contributed by atoms with van der Waals surface area (Å²) in [4.78, 5) is 2.10. The lowest BCUT2D eigenvalue weighted by Crippen LogP contribution is -2.34. The third-order valence-corrected chi connectivity index (χ3v) is 4.25. The van der Waals surface area contributed by atoms with Gasteiger partial charge < -0.3 is 15.4 Å². The third-order valence-electron chi connectivity index (χ3n) is 4.25. The Bertz CT molecular complexity index is 607. The highest BCUT2D eigenvalue weighted by atomic mass is 16.5. The van der Waals surface area contributed by atoms with E-state index >= 15 is 0 Å². The van der Waals surface area contributed by atoms with Crippen molar-refractivity contribution >= 4 is 5.69 Å². The molecule has 3 heteroatoms. The summed E-state index contributed by atoms with van der Waals surface area (Å²) in [7, 11) is 5.81. The summed E-state index contributed by atoms with van der Waals surface area (Å²) < 4.78 is 5.52. The van der Waals surface area contributed by atoms with Crippen LogP contribution in [0.15, 0.2) is 48.5 Å². The van der Waals surface area contributed by atoms with Crippen LogP contribution < -0.4 is 15.4 Å². The molecule has 0 amide bonds. The first-order chi connectivity index (χ1) is 10.5. The average molecular weight is 298 g/mol. The number of anilines is 1. The molecule has 0 bridgehead atoms. The van der Waals surface area contributed by atoms with E-state index in [2.05, 4.69) is 42.2 Å². The molecule has 0 spiro atoms. The average Bonchev–Trinajstić information content (AvgIpc) is 2.55. The van der Waals surface area contributed by atoms with E-state index in [0.29, 0.717) is 6.54 Å². The molecule has 2 rings (SSSR count). The number of nitrogens with zero attached hydrogens (tertiary/aromatic N) is 1. The van der Waals surface area contributed by atoms with Crippen molar-refractivity contribution in [3.8, 4) is 5.75 Å². The monoisotopic (exact) mass is 298 g/mol. The van der Waals surface area contributed by atoms with Crippen molar-refractivity contribution in [3.63, 3.8) is 0 Å². The van der Waals surface area contributed by atoms with Gasteiger partial charge in [-0.25, -0.2) is 0 Å². The summed E-state index contributed by atoms with van der Waals surface area (Å²) in [5.41, 5.74) is 9.63. The molecule has 0 heterocycles. The highest BCUT2D eigenvalue weighted by molar-refractivity contribution is 5.47. The number of ether oxygens (including phenoxy) is 1. The van der Waals surface area contributed by atoms with Crippen LogP contribution in [0.1, 0.15) is 18.1 Å². The van der Waals surface area contributed by atoms with Gasteiger partial charge in [0.05, 0.1) is 7.11 Å². The quantitative estimate of drug-likeness (QED) is 0.890. The maximum Gasteiger partial charge on any atom is 0.122 e. The summed E-state index contributed by atoms with van der Waals surface area (Å²) in [6.45, 7) is 2.77. The lowest BCUT2D eigenvalue weighted by Gasteiger charge is -2.30. The van der Waals surface area contributed by atoms with Crippen LogP contribution in [0, 0.1) is 0 Å². The first kappa shape index (κ1) is 16.4. The van der Waals surface area contributed by atoms with E-state index in [1.165, 1.54) is 11.3 Å². The Balaban J connectivity index is 2.30. The van der Waals surface area contributed by atoms with Crippen LogP contribution in [0.5, 0.6) is 5.75 Å². The highest BCUT2D eigenvalue weighted by Crippen LogP contribution is 2.34. The minimum absolute atomic E-state index is 0.147. The van der Waals surface area contributed by atoms with E-state index in [1.807, 2.05) is 32.3 Å². The molecule has 0 aliphatic heterocycles. The molecule has 2 N–H and O–H groups in total. The molecule has 0 aliphatic carbocycles. The summed E-state index contributed by atoms with van der Waals surface area (Å²) in [6.07, 6.45) is 0.886. The van der Waals surface area contributed by atoms with Crippen LogP contribution in [-0.4, -0.2) is 27.7 Å². The highest BCUT2D eigenvalue weighted by Gasteiger charge is 2.28. The lowest BCUT2D eigenvalue weighted by molar-refractivity contribution is 0.385. The standard InChI is InChI=1S/C19H26N2O/c1-19(14-20,17-7-5-6-8-18(17)22-4)13-15-9-11-16(12-10-15)21(2)3/h5-12H,13-14,20H2,1-4H3. The molecule has 1 atom stereocenters. The van der Waals surface area contributed by atoms with Crippen molar-refractivity contribution in [3.05, 3.63) is 59.7 Å². The van der Waals surface area contributed by atoms with Gasteiger partial charge >= 0.3 is 0 Å². The molecule has 118 valence electrons. The fourth-order valence-corrected chi connectivity index (χ4v) is 2.78. The number of para-hydroxylation sites is 1. The first-order valence-corrected chi connectivity index (χ1v) is 7.60. The predicted molar refractivity (Wildman–Crippen MR) is 93.9 cm³/mol. The van der Waals surface area contributed by atoms with E-state index in [0.717, 1.165) is 17.7 Å². The van der Waals surface area contributed by atoms with Gasteiger partial charge in [-0.2, -0.15) is 0 Å². The molecule has 3 nitrogen and oxygen atoms in total. The Hall–Kier alpha value is -2.00. The lowest BCUT2D eigenvalue weighted by atomic mass is 9.77. The predicted octanol–water partition coefficient (Wildman–Crippen LogP) is 3.22. The molecular weight excluding hydrogens is 272 g/mol. The van der Waals surface area contributed by atoms with Crippen molar-refractivity contribution in [2.75, 3.05) is 32.6 Å². The first-order valence-electron chi connectivity index (χ1n) is 7.60. The fraction of sp³-hybridized carbons (Fsp3) is 0.368. The topological polar surface area (TPSA) is 38.5 Å². The van der Waals surface area contributed by atoms with Crippen molar-refractivity contribution in [2.45, 2.75) is 18.8 Å². The zero-order valence-electron chi connectivity index (χ0n) is 14.0. The molecule has 0 fully saturated rings. The van der Waals surface area contributed by atoms with E-state index in [1.54, 1.807) is 7.11 Å². The Morgan fingerprint density at radius 2 is 1.68 bits per heavy atom. The molecule has 2 aromatic rings. The summed E-state index contributed by atoms with van der Waals surface area (Å²) >= 11 is 0. The van der Waals surface area contributed by atoms with Gasteiger partial charge in [0.2, 0.25) is 0 Å². The molecule has 0 aliphatic rings. The van der Waals surface area contributed by atoms with E-state index < -0.39 is 0 Å². The molecule has 0 saturated carbocycles. The Kier molecular flexibility index (Phi) is 5.09. The molecule has 22 heavy (non-hydrogen) atoms. The van der Waals surface area contributed by atoms with Gasteiger partial charge in [-0.3, -0.25) is 0 Å². The van der Waals surface area contributed by atoms with Gasteiger partial charge in [0.15, 0.2) is 0 Å². The minimum atomic E-state index is -0.147. The molecular formula is C19H26N2O. The summed E-state index contributed by atoms with van der Waals surface area (Å²) in [5, 5.41) is 0. The van der Waals surface area contributed by atoms with Gasteiger partial charge in [-0.15, -0.1) is 0 Å². The van der Waals surface area contributed by atoms with E-state index in [4.69, 9.17) is 10.5 Å². The molecule has 0 aromatic heterocycles. The van der Waals surface area contributed by atoms with Crippen LogP contribution in [0.4, 0.5) is 5.69 Å². The van der Waals surface area contributed by atoms with Crippen molar-refractivity contribution in [1.82, 2.24) is 0 Å². The van der Waals surface area contributed by atoms with E-state index in [9.17, 15) is 0 Å². The maximum atomic E-state index is 6.12. The van der Waals surface area contributed by atoms with Crippen molar-refractivity contribution in [2.24, 2.45) is 5.73 Å². The van der Waals surface area contributed by atoms with Crippen molar-refractivity contribution < 1.29 is 4.74 Å². The number of nitrogens with two attached hydrogens (primary N) is 1. The van der Waals surface area contributed by atoms with Crippen LogP contribution in [0.3, 0.4) is 0 Å². The second kappa shape index (κ2) is 6.84. The molecule has 0 radical (unpaired) electrons. The van der Waals surface area contributed by atoms with Gasteiger partial charge in [-0.05, 0) is 30.2 Å². The fourth-order valence-electron chi connectivity index (χ4n) is 2.78. The maximum absolute atomic E-state index is 6.12. The second-order valence-electron chi connectivity index (χ2n) is 6.20. The van der Waals surface area contributed by atoms with Crippen LogP contribution in [-0.2, 0) is 11.8 Å². The smallest absolute Gasteiger partial charge is 0.122 e. The molecule has 0 saturated heterocycles. The minimum Gasteiger partial charge on any atom is -0.496 e. The number of rotatable bonds is 6. The van der Waals surface area contributed by atoms with Crippen LogP contribution in [0.2, 0.25) is 0 Å². The van der Waals surface area contributed by atoms with E-state index in [-0.39, 0.29) is 5.41 Å². The third kappa shape index (κ3) is 3.42. The molecule has 1 unspecified atom stereocenters. The SMILES string of the molecule is COc1ccccc1C(C)(CN)Cc1ccc(N(C)C)cc1. The Morgan fingerprint density at radius 3 is 2.23 bits per heavy atom. The number of hydrogen-bond acceptors (Lipinski definition) is 3. The van der Waals surface area contributed by atoms with Gasteiger partial charge in [0, 0.05) is 37.3 Å². The summed E-state index contributed by atoms with van der Waals surface area (Å²) in [6, 6.07) is 16.8. The number of benzene rings is 2. The van der Waals surface area contributed by atoms with Gasteiger partial charge in [0.25, 0.3) is 0 Å². The van der Waals surface area contributed by atoms with Crippen LogP contribution in [0.25, 0.3) is 0 Å². The zero-order valence-corrected chi connectivity index (χ0v) is 14.0. The normalized spacial score (nSPS) is 13.5. The van der Waals surface area contributed by atoms with Crippen molar-refractivity contribution in [1.29, 1.82) is 0 Å². The Morgan fingerprint density at radius 1 is 1.05 bits per heavy atom. The van der Waals surface area contributed by atoms with Gasteiger partial charge in [-0.1, -0.05) is 37.3 Å². The Labute approximate surface area is 133 Å². The largest absolute Gasteiger partial charge is 0.496 e.